The van der Waals surface area contributed by atoms with Crippen LogP contribution < -0.4 is 14.7 Å². The van der Waals surface area contributed by atoms with Crippen LogP contribution in [0, 0.1) is 0 Å². The fourth-order valence-corrected chi connectivity index (χ4v) is 15.5. The lowest BCUT2D eigenvalue weighted by Crippen LogP contribution is -2.18. The Kier molecular flexibility index (Phi) is 13.5. The number of hydrogen-bond acceptors (Lipinski definition) is 6. The van der Waals surface area contributed by atoms with Crippen molar-refractivity contribution in [2.45, 2.75) is 19.8 Å². The highest BCUT2D eigenvalue weighted by atomic mass is 16.3. The van der Waals surface area contributed by atoms with Crippen LogP contribution in [0.4, 0.5) is 28.4 Å². The number of nitrogens with zero attached hydrogens (tertiary/aromatic N) is 4. The first-order valence-corrected chi connectivity index (χ1v) is 33.9. The number of pyridine rings is 1. The predicted octanol–water partition coefficient (Wildman–Crippen LogP) is 25.2. The molecule has 0 N–H and O–H groups in total. The van der Waals surface area contributed by atoms with Crippen molar-refractivity contribution in [3.8, 4) is 55.6 Å². The molecule has 0 fully saturated rings. The Labute approximate surface area is 567 Å². The van der Waals surface area contributed by atoms with Gasteiger partial charge < -0.3 is 23.5 Å². The number of hydrogen-bond donors (Lipinski definition) is 0. The molecule has 6 nitrogen and oxygen atoms in total. The summed E-state index contributed by atoms with van der Waals surface area (Å²) in [5.74, 6) is 0.295. The summed E-state index contributed by atoms with van der Waals surface area (Å²) in [6.45, 7) is 5.92. The second-order valence-corrected chi connectivity index (χ2v) is 26.3. The first-order chi connectivity index (χ1) is 48.4. The SMILES string of the molecule is CC(C)c1cccc(N(c2ccc3c(ccc4c(-c5ccccc5)cccc43)c2)c2ccc3c4cc(N5C=CC=CC5)cc5oc6cc(-c7ccc(-c8cccc(-c9ccccc9)c8)cc7)cc(c7cc(N8C=CC(c9ccccc9-c9ccncc9)=CC8)cc8oc2c3c87)c6c54)c1. The van der Waals surface area contributed by atoms with Crippen LogP contribution >= 0.6 is 0 Å². The average molecular weight is 1260 g/mol. The topological polar surface area (TPSA) is 48.9 Å². The third-order valence-electron chi connectivity index (χ3n) is 20.3. The number of allylic oxidation sites excluding steroid dienone is 4. The summed E-state index contributed by atoms with van der Waals surface area (Å²) < 4.78 is 15.2. The van der Waals surface area contributed by atoms with Crippen LogP contribution in [0.3, 0.4) is 0 Å². The molecule has 464 valence electrons. The molecular formula is C92H64N4O2. The highest BCUT2D eigenvalue weighted by Crippen LogP contribution is 2.53. The van der Waals surface area contributed by atoms with Crippen LogP contribution in [0.1, 0.15) is 30.9 Å². The zero-order valence-corrected chi connectivity index (χ0v) is 54.2. The molecular weight excluding hydrogens is 1190 g/mol. The summed E-state index contributed by atoms with van der Waals surface area (Å²) >= 11 is 0. The maximum atomic E-state index is 7.84. The molecule has 0 amide bonds. The summed E-state index contributed by atoms with van der Waals surface area (Å²) in [4.78, 5) is 11.4. The van der Waals surface area contributed by atoms with E-state index in [-0.39, 0.29) is 0 Å². The van der Waals surface area contributed by atoms with Crippen molar-refractivity contribution in [3.63, 3.8) is 0 Å². The minimum Gasteiger partial charge on any atom is -0.456 e. The molecule has 2 aliphatic heterocycles. The zero-order valence-electron chi connectivity index (χ0n) is 54.2. The fraction of sp³-hybridized carbons (Fsp3) is 0.0543. The van der Waals surface area contributed by atoms with Gasteiger partial charge in [-0.3, -0.25) is 4.98 Å². The number of furan rings is 2. The summed E-state index contributed by atoms with van der Waals surface area (Å²) in [5, 5.41) is 13.4. The van der Waals surface area contributed by atoms with Crippen molar-refractivity contribution >= 4 is 121 Å². The molecule has 5 heterocycles. The Balaban J connectivity index is 0.861. The van der Waals surface area contributed by atoms with E-state index in [0.717, 1.165) is 128 Å². The van der Waals surface area contributed by atoms with E-state index in [1.807, 2.05) is 12.4 Å². The smallest absolute Gasteiger partial charge is 0.160 e. The summed E-state index contributed by atoms with van der Waals surface area (Å²) in [6.07, 6.45) is 19.2. The van der Waals surface area contributed by atoms with Crippen molar-refractivity contribution in [1.82, 2.24) is 4.98 Å². The molecule has 14 aromatic carbocycles. The highest BCUT2D eigenvalue weighted by molar-refractivity contribution is 6.38. The molecule has 0 atom stereocenters. The van der Waals surface area contributed by atoms with Gasteiger partial charge in [0.15, 0.2) is 5.58 Å². The van der Waals surface area contributed by atoms with E-state index in [9.17, 15) is 0 Å². The third kappa shape index (κ3) is 9.58. The molecule has 0 unspecified atom stereocenters. The Bertz CT molecular complexity index is 6150. The molecule has 0 bridgehead atoms. The molecule has 0 saturated carbocycles. The van der Waals surface area contributed by atoms with Gasteiger partial charge in [0.2, 0.25) is 0 Å². The Morgan fingerprint density at radius 2 is 0.980 bits per heavy atom. The number of aromatic nitrogens is 1. The van der Waals surface area contributed by atoms with Crippen LogP contribution in [-0.2, 0) is 0 Å². The molecule has 2 aliphatic rings. The van der Waals surface area contributed by atoms with Gasteiger partial charge in [0, 0.05) is 94.3 Å². The second kappa shape index (κ2) is 23.2. The van der Waals surface area contributed by atoms with Crippen LogP contribution in [0.5, 0.6) is 0 Å². The maximum absolute atomic E-state index is 7.84. The number of benzene rings is 13. The van der Waals surface area contributed by atoms with Crippen molar-refractivity contribution in [2.75, 3.05) is 27.8 Å². The quantitative estimate of drug-likeness (QED) is 0.114. The largest absolute Gasteiger partial charge is 0.456 e. The fourth-order valence-electron chi connectivity index (χ4n) is 15.5. The molecule has 0 aliphatic carbocycles. The van der Waals surface area contributed by atoms with Gasteiger partial charge in [0.05, 0.1) is 5.69 Å². The molecule has 3 aromatic heterocycles. The van der Waals surface area contributed by atoms with Gasteiger partial charge in [0.25, 0.3) is 0 Å². The summed E-state index contributed by atoms with van der Waals surface area (Å²) in [7, 11) is 0. The van der Waals surface area contributed by atoms with Gasteiger partial charge in [0.1, 0.15) is 16.7 Å². The molecule has 0 saturated heterocycles. The van der Waals surface area contributed by atoms with Gasteiger partial charge in [-0.05, 0) is 206 Å². The minimum absolute atomic E-state index is 0.295. The van der Waals surface area contributed by atoms with Crippen LogP contribution in [0.15, 0.2) is 331 Å². The number of fused-ring (bicyclic) bond motifs is 5. The first kappa shape index (κ1) is 57.0. The highest BCUT2D eigenvalue weighted by Gasteiger charge is 2.28. The number of rotatable bonds is 12. The van der Waals surface area contributed by atoms with E-state index in [4.69, 9.17) is 8.83 Å². The van der Waals surface area contributed by atoms with Gasteiger partial charge >= 0.3 is 0 Å². The predicted molar refractivity (Wildman–Crippen MR) is 412 cm³/mol. The van der Waals surface area contributed by atoms with Gasteiger partial charge in [-0.2, -0.15) is 0 Å². The van der Waals surface area contributed by atoms with Crippen molar-refractivity contribution < 1.29 is 8.83 Å². The van der Waals surface area contributed by atoms with Crippen LogP contribution in [-0.4, -0.2) is 18.1 Å². The molecule has 0 spiro atoms. The van der Waals surface area contributed by atoms with E-state index >= 15 is 0 Å². The molecule has 0 radical (unpaired) electrons. The third-order valence-corrected chi connectivity index (χ3v) is 20.3. The Morgan fingerprint density at radius 1 is 0.378 bits per heavy atom. The van der Waals surface area contributed by atoms with E-state index in [1.54, 1.807) is 0 Å². The van der Waals surface area contributed by atoms with Crippen molar-refractivity contribution in [3.05, 3.63) is 333 Å². The van der Waals surface area contributed by atoms with Gasteiger partial charge in [-0.15, -0.1) is 0 Å². The Morgan fingerprint density at radius 3 is 1.72 bits per heavy atom. The second-order valence-electron chi connectivity index (χ2n) is 26.3. The van der Waals surface area contributed by atoms with E-state index < -0.39 is 0 Å². The normalized spacial score (nSPS) is 13.3. The lowest BCUT2D eigenvalue weighted by molar-refractivity contribution is 0.668. The average Bonchev–Trinajstić information content (AvgIpc) is 1.30. The lowest BCUT2D eigenvalue weighted by atomic mass is 9.91. The summed E-state index contributed by atoms with van der Waals surface area (Å²) in [6, 6.07) is 98.0. The molecule has 98 heavy (non-hydrogen) atoms. The van der Waals surface area contributed by atoms with E-state index in [2.05, 4.69) is 343 Å². The van der Waals surface area contributed by atoms with Crippen molar-refractivity contribution in [2.24, 2.45) is 0 Å². The minimum atomic E-state index is 0.295. The number of anilines is 5. The van der Waals surface area contributed by atoms with E-state index in [0.29, 0.717) is 12.5 Å². The standard InChI is InChI=1S/C92H64N4O2/c1-58(2)65-21-15-24-70(50-65)96(71-34-36-77-68(51-71)33-35-79-76(27-16-28-78(77)79)62-19-8-4-9-20-62)84-38-37-80-82-54-72(94-45-12-5-13-46-94)56-86-89(82)88-81(52-69(53-85(88)97-86)61-31-29-60(30-32-61)67-23-14-22-66(49-67)59-17-6-3-7-18-59)83-55-73(57-87-90(83)91(80)92(84)98-87)95-47-41-64(42-48-95)75-26-11-10-25-74(75)63-39-43-93-44-40-63/h3-45,47,49-58H,46,48H2,1-2H3. The van der Waals surface area contributed by atoms with Gasteiger partial charge in [-0.25, -0.2) is 0 Å². The maximum Gasteiger partial charge on any atom is 0.160 e. The van der Waals surface area contributed by atoms with Crippen LogP contribution in [0.25, 0.3) is 148 Å². The zero-order chi connectivity index (χ0) is 65.0. The van der Waals surface area contributed by atoms with Gasteiger partial charge in [-0.1, -0.05) is 214 Å². The molecule has 19 rings (SSSR count). The Hall–Kier alpha value is -12.5. The first-order valence-electron chi connectivity index (χ1n) is 33.9. The van der Waals surface area contributed by atoms with Crippen LogP contribution in [0.2, 0.25) is 0 Å². The molecule has 17 aromatic rings. The monoisotopic (exact) mass is 1260 g/mol. The molecule has 6 heteroatoms. The summed E-state index contributed by atoms with van der Waals surface area (Å²) in [5.41, 5.74) is 23.5. The van der Waals surface area contributed by atoms with Crippen molar-refractivity contribution in [1.29, 1.82) is 0 Å². The lowest BCUT2D eigenvalue weighted by Gasteiger charge is -2.27. The van der Waals surface area contributed by atoms with E-state index in [1.165, 1.54) is 66.2 Å².